The molecule has 39 heavy (non-hydrogen) atoms. The van der Waals surface area contributed by atoms with Crippen LogP contribution in [0, 0.1) is 17.8 Å². The molecule has 1 spiro atoms. The lowest BCUT2D eigenvalue weighted by atomic mass is 9.71. The molecule has 0 aliphatic carbocycles. The van der Waals surface area contributed by atoms with E-state index in [4.69, 9.17) is 4.74 Å². The van der Waals surface area contributed by atoms with Crippen molar-refractivity contribution < 1.29 is 24.2 Å². The van der Waals surface area contributed by atoms with Gasteiger partial charge in [-0.2, -0.15) is 0 Å². The van der Waals surface area contributed by atoms with Gasteiger partial charge < -0.3 is 19.6 Å². The van der Waals surface area contributed by atoms with Gasteiger partial charge in [-0.3, -0.25) is 14.4 Å². The molecule has 3 saturated heterocycles. The number of nitrogens with zero attached hydrogens (tertiary/aromatic N) is 2. The SMILES string of the molecule is C=CCN(C(=O)C1N([C@@H](CO)[C@@H](C)CC)C(=O)[C@@H]2[C@@H](C(=O)OCC)[C@H]3CCC12S3)c1ccc2ccccc2c1. The summed E-state index contributed by atoms with van der Waals surface area (Å²) in [6, 6.07) is 12.6. The first kappa shape index (κ1) is 27.7. The average Bonchev–Trinajstić information content (AvgIpc) is 3.59. The van der Waals surface area contributed by atoms with Crippen LogP contribution in [0.1, 0.15) is 40.0 Å². The minimum atomic E-state index is -0.804. The van der Waals surface area contributed by atoms with E-state index in [0.717, 1.165) is 29.3 Å². The van der Waals surface area contributed by atoms with Crippen LogP contribution in [0.2, 0.25) is 0 Å². The maximum Gasteiger partial charge on any atom is 0.310 e. The van der Waals surface area contributed by atoms with Crippen molar-refractivity contribution in [3.05, 3.63) is 55.1 Å². The molecule has 2 aromatic rings. The number of carbonyl (C=O) groups excluding carboxylic acids is 3. The first-order chi connectivity index (χ1) is 18.8. The Morgan fingerprint density at radius 1 is 1.26 bits per heavy atom. The monoisotopic (exact) mass is 550 g/mol. The number of esters is 1. The Labute approximate surface area is 234 Å². The van der Waals surface area contributed by atoms with Gasteiger partial charge in [0.1, 0.15) is 6.04 Å². The van der Waals surface area contributed by atoms with Gasteiger partial charge >= 0.3 is 5.97 Å². The van der Waals surface area contributed by atoms with Crippen LogP contribution in [0.3, 0.4) is 0 Å². The van der Waals surface area contributed by atoms with Crippen molar-refractivity contribution in [3.8, 4) is 0 Å². The second-order valence-electron chi connectivity index (χ2n) is 11.0. The summed E-state index contributed by atoms with van der Waals surface area (Å²) in [6.45, 7) is 9.97. The highest BCUT2D eigenvalue weighted by Gasteiger charge is 2.75. The molecule has 2 unspecified atom stereocenters. The first-order valence-electron chi connectivity index (χ1n) is 14.0. The number of hydrogen-bond acceptors (Lipinski definition) is 6. The zero-order valence-electron chi connectivity index (χ0n) is 22.9. The third-order valence-electron chi connectivity index (χ3n) is 9.00. The van der Waals surface area contributed by atoms with E-state index in [9.17, 15) is 19.5 Å². The zero-order valence-corrected chi connectivity index (χ0v) is 23.7. The molecule has 5 rings (SSSR count). The molecule has 3 fully saturated rings. The summed E-state index contributed by atoms with van der Waals surface area (Å²) in [5.41, 5.74) is 0.731. The standard InChI is InChI=1S/C31H38N2O5S/c1-5-16-32(22-13-12-20-10-8-9-11-21(20)17-22)29(36)27-31-15-14-24(39-31)25(30(37)38-7-3)26(31)28(35)33(27)23(18-34)19(4)6-2/h5,8-13,17,19,23-27,34H,1,6-7,14-16,18H2,2-4H3/t19-,23-,24+,25-,26-,27?,31?/m0/s1. The number of likely N-dealkylation sites (tertiary alicyclic amines) is 1. The molecular formula is C31H38N2O5S. The van der Waals surface area contributed by atoms with Crippen LogP contribution in [0.5, 0.6) is 0 Å². The predicted octanol–water partition coefficient (Wildman–Crippen LogP) is 4.42. The van der Waals surface area contributed by atoms with Gasteiger partial charge in [-0.1, -0.05) is 56.7 Å². The number of benzene rings is 2. The van der Waals surface area contributed by atoms with E-state index in [-0.39, 0.29) is 48.7 Å². The topological polar surface area (TPSA) is 87.2 Å². The van der Waals surface area contributed by atoms with E-state index >= 15 is 0 Å². The molecule has 0 saturated carbocycles. The quantitative estimate of drug-likeness (QED) is 0.348. The summed E-state index contributed by atoms with van der Waals surface area (Å²) in [4.78, 5) is 45.6. The van der Waals surface area contributed by atoms with Crippen molar-refractivity contribution in [3.63, 3.8) is 0 Å². The highest BCUT2D eigenvalue weighted by molar-refractivity contribution is 8.02. The number of aliphatic hydroxyl groups is 1. The van der Waals surface area contributed by atoms with Gasteiger partial charge in [0.25, 0.3) is 5.91 Å². The lowest BCUT2D eigenvalue weighted by molar-refractivity contribution is -0.154. The van der Waals surface area contributed by atoms with Crippen LogP contribution in [0.25, 0.3) is 10.8 Å². The number of anilines is 1. The van der Waals surface area contributed by atoms with E-state index in [2.05, 4.69) is 6.58 Å². The molecule has 0 radical (unpaired) electrons. The maximum absolute atomic E-state index is 14.8. The number of rotatable bonds is 10. The molecule has 7 atom stereocenters. The molecule has 208 valence electrons. The van der Waals surface area contributed by atoms with Crippen LogP contribution in [0.15, 0.2) is 55.1 Å². The van der Waals surface area contributed by atoms with Crippen molar-refractivity contribution in [2.45, 2.75) is 62.1 Å². The summed E-state index contributed by atoms with van der Waals surface area (Å²) < 4.78 is 4.69. The normalized spacial score (nSPS) is 28.8. The van der Waals surface area contributed by atoms with E-state index in [1.807, 2.05) is 56.3 Å². The number of ether oxygens (including phenoxy) is 1. The van der Waals surface area contributed by atoms with Crippen LogP contribution < -0.4 is 4.90 Å². The van der Waals surface area contributed by atoms with Crippen molar-refractivity contribution in [1.82, 2.24) is 4.90 Å². The Morgan fingerprint density at radius 3 is 2.67 bits per heavy atom. The lowest BCUT2D eigenvalue weighted by Crippen LogP contribution is -2.58. The van der Waals surface area contributed by atoms with Crippen LogP contribution in [0.4, 0.5) is 5.69 Å². The molecule has 8 heteroatoms. The molecule has 3 aliphatic heterocycles. The molecule has 3 aliphatic rings. The van der Waals surface area contributed by atoms with Crippen molar-refractivity contribution >= 4 is 46.0 Å². The summed E-state index contributed by atoms with van der Waals surface area (Å²) in [7, 11) is 0. The summed E-state index contributed by atoms with van der Waals surface area (Å²) >= 11 is 1.62. The minimum Gasteiger partial charge on any atom is -0.466 e. The smallest absolute Gasteiger partial charge is 0.310 e. The van der Waals surface area contributed by atoms with Gasteiger partial charge in [0.2, 0.25) is 5.91 Å². The highest BCUT2D eigenvalue weighted by atomic mass is 32.2. The molecular weight excluding hydrogens is 512 g/mol. The molecule has 3 heterocycles. The number of thioether (sulfide) groups is 1. The van der Waals surface area contributed by atoms with Gasteiger partial charge in [0, 0.05) is 17.5 Å². The number of hydrogen-bond donors (Lipinski definition) is 1. The fourth-order valence-electron chi connectivity index (χ4n) is 6.99. The van der Waals surface area contributed by atoms with Crippen molar-refractivity contribution in [2.75, 3.05) is 24.7 Å². The third kappa shape index (κ3) is 4.36. The molecule has 2 bridgehead atoms. The van der Waals surface area contributed by atoms with Crippen LogP contribution >= 0.6 is 11.8 Å². The van der Waals surface area contributed by atoms with Gasteiger partial charge in [-0.15, -0.1) is 18.3 Å². The average molecular weight is 551 g/mol. The number of amides is 2. The Hall–Kier alpha value is -2.84. The highest BCUT2D eigenvalue weighted by Crippen LogP contribution is 2.67. The van der Waals surface area contributed by atoms with Crippen LogP contribution in [-0.4, -0.2) is 69.6 Å². The van der Waals surface area contributed by atoms with Crippen LogP contribution in [-0.2, 0) is 19.1 Å². The van der Waals surface area contributed by atoms with Gasteiger partial charge in [0.15, 0.2) is 0 Å². The second-order valence-corrected chi connectivity index (χ2v) is 12.6. The maximum atomic E-state index is 14.8. The fraction of sp³-hybridized carbons (Fsp3) is 0.516. The van der Waals surface area contributed by atoms with E-state index in [0.29, 0.717) is 6.42 Å². The second kappa shape index (κ2) is 11.0. The van der Waals surface area contributed by atoms with Crippen molar-refractivity contribution in [1.29, 1.82) is 0 Å². The largest absolute Gasteiger partial charge is 0.466 e. The Morgan fingerprint density at radius 2 is 2.00 bits per heavy atom. The number of fused-ring (bicyclic) bond motifs is 2. The number of carbonyl (C=O) groups is 3. The van der Waals surface area contributed by atoms with Gasteiger partial charge in [-0.25, -0.2) is 0 Å². The summed E-state index contributed by atoms with van der Waals surface area (Å²) in [6.07, 6.45) is 3.86. The number of aliphatic hydroxyl groups excluding tert-OH is 1. The zero-order chi connectivity index (χ0) is 27.9. The summed E-state index contributed by atoms with van der Waals surface area (Å²) in [5.74, 6) is -2.01. The molecule has 0 aromatic heterocycles. The predicted molar refractivity (Wildman–Crippen MR) is 154 cm³/mol. The first-order valence-corrected chi connectivity index (χ1v) is 14.9. The van der Waals surface area contributed by atoms with Gasteiger partial charge in [0.05, 0.1) is 35.8 Å². The third-order valence-corrected chi connectivity index (χ3v) is 11.0. The Balaban J connectivity index is 1.62. The lowest BCUT2D eigenvalue weighted by Gasteiger charge is -2.41. The fourth-order valence-corrected chi connectivity index (χ4v) is 9.18. The van der Waals surface area contributed by atoms with Crippen molar-refractivity contribution in [2.24, 2.45) is 17.8 Å². The molecule has 1 N–H and O–H groups in total. The van der Waals surface area contributed by atoms with E-state index in [1.54, 1.807) is 34.6 Å². The minimum absolute atomic E-state index is 0.0266. The van der Waals surface area contributed by atoms with E-state index in [1.165, 1.54) is 0 Å². The molecule has 2 aromatic carbocycles. The Bertz CT molecular complexity index is 1280. The Kier molecular flexibility index (Phi) is 7.80. The van der Waals surface area contributed by atoms with Gasteiger partial charge in [-0.05, 0) is 48.6 Å². The molecule has 2 amide bonds. The summed E-state index contributed by atoms with van der Waals surface area (Å²) in [5, 5.41) is 12.6. The van der Waals surface area contributed by atoms with E-state index < -0.39 is 28.7 Å². The molecule has 7 nitrogen and oxygen atoms in total.